The van der Waals surface area contributed by atoms with E-state index in [0.29, 0.717) is 18.4 Å². The zero-order valence-electron chi connectivity index (χ0n) is 10.8. The average Bonchev–Trinajstić information content (AvgIpc) is 2.66. The summed E-state index contributed by atoms with van der Waals surface area (Å²) in [4.78, 5) is 31.5. The van der Waals surface area contributed by atoms with Crippen molar-refractivity contribution >= 4 is 11.8 Å². The molecule has 1 saturated carbocycles. The van der Waals surface area contributed by atoms with Crippen LogP contribution in [0.5, 0.6) is 0 Å². The molecule has 0 unspecified atom stereocenters. The Hall–Kier alpha value is -1.98. The molecule has 3 N–H and O–H groups in total. The molecule has 1 heterocycles. The second kappa shape index (κ2) is 5.77. The van der Waals surface area contributed by atoms with Crippen molar-refractivity contribution in [3.8, 4) is 0 Å². The van der Waals surface area contributed by atoms with Crippen molar-refractivity contribution < 1.29 is 9.59 Å². The van der Waals surface area contributed by atoms with E-state index in [1.165, 1.54) is 18.7 Å². The first kappa shape index (κ1) is 13.5. The Bertz CT molecular complexity index is 453. The first-order chi connectivity index (χ1) is 9.14. The van der Waals surface area contributed by atoms with Gasteiger partial charge in [0.05, 0.1) is 5.56 Å². The first-order valence-corrected chi connectivity index (χ1v) is 6.51. The van der Waals surface area contributed by atoms with Crippen molar-refractivity contribution in [3.05, 3.63) is 24.3 Å². The number of aromatic nitrogens is 2. The van der Waals surface area contributed by atoms with Crippen molar-refractivity contribution in [3.63, 3.8) is 0 Å². The number of nitrogens with one attached hydrogen (secondary N) is 1. The highest BCUT2D eigenvalue weighted by molar-refractivity contribution is 5.98. The molecule has 0 saturated heterocycles. The average molecular weight is 262 g/mol. The van der Waals surface area contributed by atoms with Gasteiger partial charge < -0.3 is 11.1 Å². The van der Waals surface area contributed by atoms with Crippen LogP contribution in [0.4, 0.5) is 0 Å². The summed E-state index contributed by atoms with van der Waals surface area (Å²) in [5, 5.41) is 2.79. The maximum Gasteiger partial charge on any atom is 0.255 e. The number of carbonyl (C=O) groups is 2. The number of hydrogen-bond donors (Lipinski definition) is 2. The lowest BCUT2D eigenvalue weighted by atomic mass is 9.89. The summed E-state index contributed by atoms with van der Waals surface area (Å²) in [6.45, 7) is 0. The molecule has 6 heteroatoms. The molecule has 0 radical (unpaired) electrons. The molecule has 0 aliphatic heterocycles. The SMILES string of the molecule is NC(=O)C1(NC(=O)c2cncnc2)CCCCCC1. The summed E-state index contributed by atoms with van der Waals surface area (Å²) in [5.74, 6) is -0.805. The van der Waals surface area contributed by atoms with Crippen LogP contribution < -0.4 is 11.1 Å². The molecular weight excluding hydrogens is 244 g/mol. The van der Waals surface area contributed by atoms with Crippen LogP contribution in [0, 0.1) is 0 Å². The van der Waals surface area contributed by atoms with E-state index in [-0.39, 0.29) is 5.91 Å². The van der Waals surface area contributed by atoms with E-state index in [1.54, 1.807) is 0 Å². The fourth-order valence-corrected chi connectivity index (χ4v) is 2.47. The van der Waals surface area contributed by atoms with E-state index in [4.69, 9.17) is 5.73 Å². The summed E-state index contributed by atoms with van der Waals surface area (Å²) in [6.07, 6.45) is 9.33. The minimum absolute atomic E-state index is 0.340. The summed E-state index contributed by atoms with van der Waals surface area (Å²) >= 11 is 0. The second-order valence-corrected chi connectivity index (χ2v) is 4.94. The maximum absolute atomic E-state index is 12.1. The van der Waals surface area contributed by atoms with Crippen LogP contribution in [0.25, 0.3) is 0 Å². The van der Waals surface area contributed by atoms with E-state index in [9.17, 15) is 9.59 Å². The van der Waals surface area contributed by atoms with Crippen LogP contribution in [0.3, 0.4) is 0 Å². The Labute approximate surface area is 111 Å². The van der Waals surface area contributed by atoms with Crippen LogP contribution in [-0.4, -0.2) is 27.3 Å². The van der Waals surface area contributed by atoms with Crippen molar-refractivity contribution in [2.45, 2.75) is 44.1 Å². The van der Waals surface area contributed by atoms with Crippen molar-refractivity contribution in [2.24, 2.45) is 5.73 Å². The number of carbonyl (C=O) groups excluding carboxylic acids is 2. The van der Waals surface area contributed by atoms with Gasteiger partial charge in [-0.25, -0.2) is 9.97 Å². The molecular formula is C13H18N4O2. The smallest absolute Gasteiger partial charge is 0.255 e. The molecule has 2 amide bonds. The predicted octanol–water partition coefficient (Wildman–Crippen LogP) is 0.785. The third kappa shape index (κ3) is 3.07. The number of nitrogens with two attached hydrogens (primary N) is 1. The molecule has 1 fully saturated rings. The number of amides is 2. The van der Waals surface area contributed by atoms with Gasteiger partial charge in [-0.15, -0.1) is 0 Å². The summed E-state index contributed by atoms with van der Waals surface area (Å²) in [5.41, 5.74) is 4.93. The highest BCUT2D eigenvalue weighted by Crippen LogP contribution is 2.27. The van der Waals surface area contributed by atoms with Gasteiger partial charge in [-0.05, 0) is 12.8 Å². The Morgan fingerprint density at radius 2 is 1.68 bits per heavy atom. The Balaban J connectivity index is 2.17. The fourth-order valence-electron chi connectivity index (χ4n) is 2.47. The van der Waals surface area contributed by atoms with Crippen molar-refractivity contribution in [1.29, 1.82) is 0 Å². The van der Waals surface area contributed by atoms with Gasteiger partial charge >= 0.3 is 0 Å². The zero-order valence-corrected chi connectivity index (χ0v) is 10.8. The van der Waals surface area contributed by atoms with Crippen LogP contribution in [0.2, 0.25) is 0 Å². The van der Waals surface area contributed by atoms with Crippen LogP contribution in [0.1, 0.15) is 48.9 Å². The van der Waals surface area contributed by atoms with Gasteiger partial charge in [-0.3, -0.25) is 9.59 Å². The number of nitrogens with zero attached hydrogens (tertiary/aromatic N) is 2. The van der Waals surface area contributed by atoms with E-state index in [0.717, 1.165) is 25.7 Å². The van der Waals surface area contributed by atoms with Crippen LogP contribution in [0.15, 0.2) is 18.7 Å². The Kier molecular flexibility index (Phi) is 4.09. The highest BCUT2D eigenvalue weighted by Gasteiger charge is 2.38. The molecule has 102 valence electrons. The molecule has 2 rings (SSSR count). The molecule has 1 aliphatic rings. The topological polar surface area (TPSA) is 98.0 Å². The molecule has 6 nitrogen and oxygen atoms in total. The molecule has 0 aromatic carbocycles. The molecule has 19 heavy (non-hydrogen) atoms. The molecule has 0 atom stereocenters. The number of primary amides is 1. The minimum atomic E-state index is -0.927. The zero-order chi connectivity index (χ0) is 13.7. The van der Waals surface area contributed by atoms with Gasteiger partial charge in [0.2, 0.25) is 5.91 Å². The molecule has 1 aromatic rings. The van der Waals surface area contributed by atoms with Gasteiger partial charge in [0.25, 0.3) is 5.91 Å². The van der Waals surface area contributed by atoms with Crippen LogP contribution in [-0.2, 0) is 4.79 Å². The van der Waals surface area contributed by atoms with E-state index in [2.05, 4.69) is 15.3 Å². The lowest BCUT2D eigenvalue weighted by Gasteiger charge is -2.30. The fraction of sp³-hybridized carbons (Fsp3) is 0.538. The molecule has 1 aromatic heterocycles. The summed E-state index contributed by atoms with van der Waals surface area (Å²) in [6, 6.07) is 0. The van der Waals surface area contributed by atoms with E-state index in [1.807, 2.05) is 0 Å². The van der Waals surface area contributed by atoms with Gasteiger partial charge in [0, 0.05) is 12.4 Å². The standard InChI is InChI=1S/C13H18N4O2/c14-12(19)13(5-3-1-2-4-6-13)17-11(18)10-7-15-9-16-8-10/h7-9H,1-6H2,(H2,14,19)(H,17,18). The first-order valence-electron chi connectivity index (χ1n) is 6.51. The Morgan fingerprint density at radius 1 is 1.11 bits per heavy atom. The monoisotopic (exact) mass is 262 g/mol. The molecule has 0 bridgehead atoms. The van der Waals surface area contributed by atoms with E-state index < -0.39 is 11.4 Å². The van der Waals surface area contributed by atoms with Crippen molar-refractivity contribution in [1.82, 2.24) is 15.3 Å². The molecule has 0 spiro atoms. The molecule has 1 aliphatic carbocycles. The highest BCUT2D eigenvalue weighted by atomic mass is 16.2. The third-order valence-corrected chi connectivity index (χ3v) is 3.60. The van der Waals surface area contributed by atoms with Crippen LogP contribution >= 0.6 is 0 Å². The normalized spacial score (nSPS) is 18.3. The van der Waals surface area contributed by atoms with E-state index >= 15 is 0 Å². The second-order valence-electron chi connectivity index (χ2n) is 4.94. The number of rotatable bonds is 3. The Morgan fingerprint density at radius 3 is 2.21 bits per heavy atom. The quantitative estimate of drug-likeness (QED) is 0.786. The lowest BCUT2D eigenvalue weighted by molar-refractivity contribution is -0.124. The van der Waals surface area contributed by atoms with Gasteiger partial charge in [0.1, 0.15) is 11.9 Å². The van der Waals surface area contributed by atoms with Gasteiger partial charge in [-0.1, -0.05) is 25.7 Å². The lowest BCUT2D eigenvalue weighted by Crippen LogP contribution is -2.57. The largest absolute Gasteiger partial charge is 0.368 e. The van der Waals surface area contributed by atoms with Crippen molar-refractivity contribution in [2.75, 3.05) is 0 Å². The van der Waals surface area contributed by atoms with Gasteiger partial charge in [0.15, 0.2) is 0 Å². The maximum atomic E-state index is 12.1. The summed E-state index contributed by atoms with van der Waals surface area (Å²) < 4.78 is 0. The third-order valence-electron chi connectivity index (χ3n) is 3.60. The number of hydrogen-bond acceptors (Lipinski definition) is 4. The summed E-state index contributed by atoms with van der Waals surface area (Å²) in [7, 11) is 0. The van der Waals surface area contributed by atoms with Gasteiger partial charge in [-0.2, -0.15) is 0 Å². The minimum Gasteiger partial charge on any atom is -0.368 e. The predicted molar refractivity (Wildman–Crippen MR) is 69.1 cm³/mol.